The minimum atomic E-state index is -4.19. The maximum atomic E-state index is 11.3. The lowest BCUT2D eigenvalue weighted by Gasteiger charge is -1.99. The molecule has 0 saturated carbocycles. The molecule has 0 amide bonds. The molecule has 1 aromatic carbocycles. The van der Waals surface area contributed by atoms with Gasteiger partial charge in [-0.2, -0.15) is 4.68 Å². The molecule has 0 aliphatic heterocycles. The summed E-state index contributed by atoms with van der Waals surface area (Å²) < 4.78 is 23.8. The van der Waals surface area contributed by atoms with Crippen LogP contribution in [0.1, 0.15) is 12.0 Å². The third-order valence-corrected chi connectivity index (χ3v) is 4.15. The van der Waals surface area contributed by atoms with E-state index in [1.165, 1.54) is 4.68 Å². The van der Waals surface area contributed by atoms with Crippen LogP contribution in [0.25, 0.3) is 0 Å². The van der Waals surface area contributed by atoms with Crippen molar-refractivity contribution in [3.05, 3.63) is 52.2 Å². The Morgan fingerprint density at radius 2 is 1.95 bits per heavy atom. The maximum Gasteiger partial charge on any atom is 0.410 e. The van der Waals surface area contributed by atoms with Crippen LogP contribution < -0.4 is 0 Å². The molecule has 7 nitrogen and oxygen atoms in total. The van der Waals surface area contributed by atoms with Gasteiger partial charge in [0.2, 0.25) is 4.90 Å². The molecular weight excluding hydrogens is 318 g/mol. The summed E-state index contributed by atoms with van der Waals surface area (Å²) in [4.78, 5) is 9.35. The number of halogens is 1. The Morgan fingerprint density at radius 3 is 2.48 bits per heavy atom. The van der Waals surface area contributed by atoms with Crippen molar-refractivity contribution in [3.63, 3.8) is 0 Å². The van der Waals surface area contributed by atoms with Crippen LogP contribution in [0.3, 0.4) is 0 Å². The highest BCUT2D eigenvalue weighted by molar-refractivity contribution is 8.13. The molecule has 0 atom stereocenters. The standard InChI is InChI=1S/C12H12ClN3O4S/c13-21(19,20)11-9-15(14-12(11)16(17)18)8-4-7-10-5-2-1-3-6-10/h1-3,5-6,9H,4,7-8H2. The second kappa shape index (κ2) is 6.23. The fourth-order valence-corrected chi connectivity index (χ4v) is 2.80. The zero-order valence-corrected chi connectivity index (χ0v) is 12.4. The number of aromatic nitrogens is 2. The zero-order chi connectivity index (χ0) is 15.5. The fourth-order valence-electron chi connectivity index (χ4n) is 1.90. The summed E-state index contributed by atoms with van der Waals surface area (Å²) in [6.07, 6.45) is 2.52. The van der Waals surface area contributed by atoms with E-state index in [1.807, 2.05) is 30.3 Å². The smallest absolute Gasteiger partial charge is 0.358 e. The molecule has 2 rings (SSSR count). The van der Waals surface area contributed by atoms with Crippen LogP contribution in [0.5, 0.6) is 0 Å². The molecule has 0 saturated heterocycles. The summed E-state index contributed by atoms with van der Waals surface area (Å²) in [7, 11) is 0.978. The Kier molecular flexibility index (Phi) is 4.59. The fraction of sp³-hybridized carbons (Fsp3) is 0.250. The van der Waals surface area contributed by atoms with E-state index in [1.54, 1.807) is 0 Å². The first-order valence-corrected chi connectivity index (χ1v) is 8.39. The molecule has 0 bridgehead atoms. The van der Waals surface area contributed by atoms with Crippen LogP contribution in [-0.4, -0.2) is 23.1 Å². The van der Waals surface area contributed by atoms with Crippen molar-refractivity contribution in [1.82, 2.24) is 9.78 Å². The Bertz CT molecular complexity index is 743. The molecule has 0 unspecified atom stereocenters. The van der Waals surface area contributed by atoms with Crippen molar-refractivity contribution < 1.29 is 13.3 Å². The SMILES string of the molecule is O=[N+]([O-])c1nn(CCCc2ccccc2)cc1S(=O)(=O)Cl. The van der Waals surface area contributed by atoms with Gasteiger partial charge in [0, 0.05) is 10.7 Å². The highest BCUT2D eigenvalue weighted by Crippen LogP contribution is 2.25. The van der Waals surface area contributed by atoms with E-state index in [9.17, 15) is 18.5 Å². The Hall–Kier alpha value is -1.93. The average molecular weight is 330 g/mol. The van der Waals surface area contributed by atoms with Crippen LogP contribution >= 0.6 is 10.7 Å². The van der Waals surface area contributed by atoms with E-state index in [-0.39, 0.29) is 0 Å². The van der Waals surface area contributed by atoms with E-state index >= 15 is 0 Å². The minimum Gasteiger partial charge on any atom is -0.358 e. The maximum absolute atomic E-state index is 11.3. The monoisotopic (exact) mass is 329 g/mol. The van der Waals surface area contributed by atoms with Gasteiger partial charge in [0.05, 0.1) is 17.8 Å². The van der Waals surface area contributed by atoms with Crippen LogP contribution in [0.15, 0.2) is 41.4 Å². The van der Waals surface area contributed by atoms with Gasteiger partial charge in [-0.25, -0.2) is 8.42 Å². The molecule has 1 aromatic heterocycles. The van der Waals surface area contributed by atoms with Crippen LogP contribution in [0.2, 0.25) is 0 Å². The first-order chi connectivity index (χ1) is 9.88. The summed E-state index contributed by atoms with van der Waals surface area (Å²) in [5.74, 6) is -0.746. The van der Waals surface area contributed by atoms with Gasteiger partial charge in [0.25, 0.3) is 9.05 Å². The molecule has 1 heterocycles. The molecule has 0 radical (unpaired) electrons. The third kappa shape index (κ3) is 4.02. The van der Waals surface area contributed by atoms with E-state index in [2.05, 4.69) is 5.10 Å². The Balaban J connectivity index is 2.09. The highest BCUT2D eigenvalue weighted by atomic mass is 35.7. The molecule has 9 heteroatoms. The molecule has 0 N–H and O–H groups in total. The number of benzene rings is 1. The van der Waals surface area contributed by atoms with Crippen LogP contribution in [0.4, 0.5) is 5.82 Å². The van der Waals surface area contributed by atoms with Gasteiger partial charge in [0.1, 0.15) is 0 Å². The highest BCUT2D eigenvalue weighted by Gasteiger charge is 2.29. The largest absolute Gasteiger partial charge is 0.410 e. The lowest BCUT2D eigenvalue weighted by Crippen LogP contribution is -2.01. The summed E-state index contributed by atoms with van der Waals surface area (Å²) in [5, 5.41) is 14.4. The van der Waals surface area contributed by atoms with Crippen LogP contribution in [0, 0.1) is 10.1 Å². The predicted molar refractivity (Wildman–Crippen MR) is 76.7 cm³/mol. The van der Waals surface area contributed by atoms with Gasteiger partial charge in [-0.05, 0) is 23.3 Å². The van der Waals surface area contributed by atoms with Crippen molar-refractivity contribution in [3.8, 4) is 0 Å². The molecule has 0 aliphatic carbocycles. The van der Waals surface area contributed by atoms with Crippen molar-refractivity contribution in [2.45, 2.75) is 24.3 Å². The van der Waals surface area contributed by atoms with Gasteiger partial charge >= 0.3 is 5.82 Å². The number of rotatable bonds is 6. The second-order valence-corrected chi connectivity index (χ2v) is 6.90. The molecule has 0 spiro atoms. The van der Waals surface area contributed by atoms with Gasteiger partial charge in [-0.1, -0.05) is 30.3 Å². The van der Waals surface area contributed by atoms with Gasteiger partial charge in [-0.15, -0.1) is 0 Å². The number of nitrogens with zero attached hydrogens (tertiary/aromatic N) is 3. The summed E-state index contributed by atoms with van der Waals surface area (Å²) in [5.41, 5.74) is 1.13. The van der Waals surface area contributed by atoms with E-state index in [0.29, 0.717) is 13.0 Å². The predicted octanol–water partition coefficient (Wildman–Crippen LogP) is 2.35. The second-order valence-electron chi connectivity index (χ2n) is 4.36. The molecular formula is C12H12ClN3O4S. The average Bonchev–Trinajstić information content (AvgIpc) is 2.84. The summed E-state index contributed by atoms with van der Waals surface area (Å²) >= 11 is 0. The Labute approximate surface area is 125 Å². The number of hydrogen-bond acceptors (Lipinski definition) is 5. The first-order valence-electron chi connectivity index (χ1n) is 6.08. The van der Waals surface area contributed by atoms with Crippen molar-refractivity contribution in [2.24, 2.45) is 0 Å². The van der Waals surface area contributed by atoms with Crippen molar-refractivity contribution >= 4 is 25.6 Å². The van der Waals surface area contributed by atoms with E-state index in [4.69, 9.17) is 10.7 Å². The molecule has 2 aromatic rings. The van der Waals surface area contributed by atoms with E-state index in [0.717, 1.165) is 18.2 Å². The van der Waals surface area contributed by atoms with Gasteiger partial charge in [-0.3, -0.25) is 0 Å². The topological polar surface area (TPSA) is 95.1 Å². The lowest BCUT2D eigenvalue weighted by atomic mass is 10.1. The molecule has 0 aliphatic rings. The van der Waals surface area contributed by atoms with Crippen molar-refractivity contribution in [2.75, 3.05) is 0 Å². The van der Waals surface area contributed by atoms with Gasteiger partial charge in [0.15, 0.2) is 0 Å². The number of hydrogen-bond donors (Lipinski definition) is 0. The number of nitro groups is 1. The number of aryl methyl sites for hydroxylation is 2. The minimum absolute atomic E-state index is 0.363. The molecule has 21 heavy (non-hydrogen) atoms. The quantitative estimate of drug-likeness (QED) is 0.460. The summed E-state index contributed by atoms with van der Waals surface area (Å²) in [6, 6.07) is 9.71. The Morgan fingerprint density at radius 1 is 1.29 bits per heavy atom. The molecule has 112 valence electrons. The van der Waals surface area contributed by atoms with Crippen molar-refractivity contribution in [1.29, 1.82) is 0 Å². The first kappa shape index (κ1) is 15.5. The normalized spacial score (nSPS) is 11.5. The third-order valence-electron chi connectivity index (χ3n) is 2.84. The van der Waals surface area contributed by atoms with E-state index < -0.39 is 24.7 Å². The summed E-state index contributed by atoms with van der Waals surface area (Å²) in [6.45, 7) is 0.363. The van der Waals surface area contributed by atoms with Gasteiger partial charge < -0.3 is 10.1 Å². The van der Waals surface area contributed by atoms with Crippen LogP contribution in [-0.2, 0) is 22.0 Å². The molecule has 0 fully saturated rings. The zero-order valence-electron chi connectivity index (χ0n) is 10.8. The lowest BCUT2D eigenvalue weighted by molar-refractivity contribution is -0.392.